The molecule has 2 rings (SSSR count). The quantitative estimate of drug-likeness (QED) is 0.871. The van der Waals surface area contributed by atoms with E-state index in [0.717, 1.165) is 16.9 Å². The van der Waals surface area contributed by atoms with Gasteiger partial charge in [0.1, 0.15) is 5.75 Å². The normalized spacial score (nSPS) is 21.0. The lowest BCUT2D eigenvalue weighted by Crippen LogP contribution is -2.29. The molecule has 0 spiro atoms. The minimum Gasteiger partial charge on any atom is -0.497 e. The van der Waals surface area contributed by atoms with Crippen LogP contribution in [0.5, 0.6) is 5.75 Å². The van der Waals surface area contributed by atoms with Gasteiger partial charge in [-0.2, -0.15) is 0 Å². The average Bonchev–Trinajstić information content (AvgIpc) is 2.94. The van der Waals surface area contributed by atoms with Crippen LogP contribution in [0.15, 0.2) is 18.2 Å². The van der Waals surface area contributed by atoms with E-state index in [0.29, 0.717) is 25.8 Å². The zero-order valence-electron chi connectivity index (χ0n) is 12.4. The SMILES string of the molecule is COc1cc(C)cc(CNC(=O)[C@@H]2CC[C@H](C(=O)O)C2)c1. The molecule has 2 atom stereocenters. The number of carbonyl (C=O) groups excluding carboxylic acids is 1. The predicted octanol–water partition coefficient (Wildman–Crippen LogP) is 2.12. The van der Waals surface area contributed by atoms with E-state index in [1.165, 1.54) is 0 Å². The number of aryl methyl sites for hydroxylation is 1. The van der Waals surface area contributed by atoms with E-state index in [4.69, 9.17) is 9.84 Å². The molecule has 2 N–H and O–H groups in total. The van der Waals surface area contributed by atoms with E-state index in [9.17, 15) is 9.59 Å². The molecule has 0 aromatic heterocycles. The van der Waals surface area contributed by atoms with Gasteiger partial charge in [-0.15, -0.1) is 0 Å². The van der Waals surface area contributed by atoms with E-state index >= 15 is 0 Å². The van der Waals surface area contributed by atoms with E-state index in [2.05, 4.69) is 5.32 Å². The van der Waals surface area contributed by atoms with Gasteiger partial charge in [0, 0.05) is 12.5 Å². The predicted molar refractivity (Wildman–Crippen MR) is 78.0 cm³/mol. The van der Waals surface area contributed by atoms with Crippen LogP contribution in [-0.4, -0.2) is 24.1 Å². The van der Waals surface area contributed by atoms with Crippen LogP contribution < -0.4 is 10.1 Å². The first-order valence-corrected chi connectivity index (χ1v) is 7.14. The molecule has 1 saturated carbocycles. The van der Waals surface area contributed by atoms with Gasteiger partial charge in [0.25, 0.3) is 0 Å². The van der Waals surface area contributed by atoms with Crippen molar-refractivity contribution in [1.29, 1.82) is 0 Å². The number of amides is 1. The maximum absolute atomic E-state index is 12.1. The average molecular weight is 291 g/mol. The summed E-state index contributed by atoms with van der Waals surface area (Å²) < 4.78 is 5.20. The summed E-state index contributed by atoms with van der Waals surface area (Å²) in [6.07, 6.45) is 1.68. The Morgan fingerprint density at radius 2 is 2.00 bits per heavy atom. The molecule has 0 saturated heterocycles. The van der Waals surface area contributed by atoms with Crippen molar-refractivity contribution in [2.24, 2.45) is 11.8 Å². The molecule has 0 aliphatic heterocycles. The Morgan fingerprint density at radius 1 is 1.29 bits per heavy atom. The highest BCUT2D eigenvalue weighted by Crippen LogP contribution is 2.31. The Hall–Kier alpha value is -2.04. The minimum atomic E-state index is -0.797. The molecular weight excluding hydrogens is 270 g/mol. The third-order valence-electron chi connectivity index (χ3n) is 3.97. The fourth-order valence-electron chi connectivity index (χ4n) is 2.82. The molecule has 5 heteroatoms. The van der Waals surface area contributed by atoms with Crippen LogP contribution in [0, 0.1) is 18.8 Å². The fraction of sp³-hybridized carbons (Fsp3) is 0.500. The Labute approximate surface area is 124 Å². The van der Waals surface area contributed by atoms with Crippen LogP contribution >= 0.6 is 0 Å². The van der Waals surface area contributed by atoms with Crippen LogP contribution in [-0.2, 0) is 16.1 Å². The van der Waals surface area contributed by atoms with Crippen molar-refractivity contribution in [3.63, 3.8) is 0 Å². The number of carboxylic acid groups (broad SMARTS) is 1. The van der Waals surface area contributed by atoms with Gasteiger partial charge in [-0.05, 0) is 49.4 Å². The molecule has 1 aromatic carbocycles. The first-order valence-electron chi connectivity index (χ1n) is 7.14. The lowest BCUT2D eigenvalue weighted by molar-refractivity contribution is -0.141. The first-order chi connectivity index (χ1) is 9.99. The van der Waals surface area contributed by atoms with E-state index in [-0.39, 0.29) is 17.7 Å². The highest BCUT2D eigenvalue weighted by molar-refractivity contribution is 5.80. The Morgan fingerprint density at radius 3 is 2.62 bits per heavy atom. The lowest BCUT2D eigenvalue weighted by Gasteiger charge is -2.12. The molecule has 0 radical (unpaired) electrons. The molecular formula is C16H21NO4. The summed E-state index contributed by atoms with van der Waals surface area (Å²) in [6, 6.07) is 5.82. The summed E-state index contributed by atoms with van der Waals surface area (Å²) in [5.74, 6) is -0.642. The molecule has 21 heavy (non-hydrogen) atoms. The lowest BCUT2D eigenvalue weighted by atomic mass is 10.0. The summed E-state index contributed by atoms with van der Waals surface area (Å²) in [5, 5.41) is 11.9. The van der Waals surface area contributed by atoms with Crippen molar-refractivity contribution in [1.82, 2.24) is 5.32 Å². The van der Waals surface area contributed by atoms with Crippen LogP contribution in [0.1, 0.15) is 30.4 Å². The van der Waals surface area contributed by atoms with Crippen molar-refractivity contribution >= 4 is 11.9 Å². The van der Waals surface area contributed by atoms with Crippen molar-refractivity contribution in [2.75, 3.05) is 7.11 Å². The summed E-state index contributed by atoms with van der Waals surface area (Å²) in [7, 11) is 1.61. The van der Waals surface area contributed by atoms with Gasteiger partial charge < -0.3 is 15.2 Å². The topological polar surface area (TPSA) is 75.6 Å². The first kappa shape index (κ1) is 15.4. The second kappa shape index (κ2) is 6.61. The number of ether oxygens (including phenoxy) is 1. The third kappa shape index (κ3) is 3.97. The van der Waals surface area contributed by atoms with Crippen molar-refractivity contribution in [2.45, 2.75) is 32.7 Å². The van der Waals surface area contributed by atoms with Gasteiger partial charge in [-0.1, -0.05) is 6.07 Å². The molecule has 114 valence electrons. The van der Waals surface area contributed by atoms with Crippen LogP contribution in [0.2, 0.25) is 0 Å². The highest BCUT2D eigenvalue weighted by atomic mass is 16.5. The summed E-state index contributed by atoms with van der Waals surface area (Å²) in [6.45, 7) is 2.41. The standard InChI is InChI=1S/C16H21NO4/c1-10-5-11(7-14(6-10)21-2)9-17-15(18)12-3-4-13(8-12)16(19)20/h5-7,12-13H,3-4,8-9H2,1-2H3,(H,17,18)(H,19,20)/t12-,13+/m1/s1. The number of carbonyl (C=O) groups is 2. The van der Waals surface area contributed by atoms with E-state index < -0.39 is 5.97 Å². The third-order valence-corrected chi connectivity index (χ3v) is 3.97. The number of hydrogen-bond donors (Lipinski definition) is 2. The molecule has 0 bridgehead atoms. The van der Waals surface area contributed by atoms with E-state index in [1.807, 2.05) is 25.1 Å². The molecule has 1 fully saturated rings. The van der Waals surface area contributed by atoms with Gasteiger partial charge in [-0.25, -0.2) is 0 Å². The summed E-state index contributed by atoms with van der Waals surface area (Å²) in [5.41, 5.74) is 2.05. The maximum Gasteiger partial charge on any atom is 0.306 e. The monoisotopic (exact) mass is 291 g/mol. The fourth-order valence-corrected chi connectivity index (χ4v) is 2.82. The minimum absolute atomic E-state index is 0.0563. The van der Waals surface area contributed by atoms with Gasteiger partial charge in [0.2, 0.25) is 5.91 Å². The molecule has 1 amide bonds. The van der Waals surface area contributed by atoms with Gasteiger partial charge in [0.15, 0.2) is 0 Å². The number of benzene rings is 1. The van der Waals surface area contributed by atoms with Crippen molar-refractivity contribution in [3.8, 4) is 5.75 Å². The number of aliphatic carboxylic acids is 1. The highest BCUT2D eigenvalue weighted by Gasteiger charge is 2.33. The smallest absolute Gasteiger partial charge is 0.306 e. The van der Waals surface area contributed by atoms with E-state index in [1.54, 1.807) is 7.11 Å². The number of hydrogen-bond acceptors (Lipinski definition) is 3. The second-order valence-electron chi connectivity index (χ2n) is 5.62. The Bertz CT molecular complexity index is 541. The largest absolute Gasteiger partial charge is 0.497 e. The number of rotatable bonds is 5. The van der Waals surface area contributed by atoms with Gasteiger partial charge >= 0.3 is 5.97 Å². The van der Waals surface area contributed by atoms with Crippen LogP contribution in [0.3, 0.4) is 0 Å². The van der Waals surface area contributed by atoms with Crippen molar-refractivity contribution in [3.05, 3.63) is 29.3 Å². The number of nitrogens with one attached hydrogen (secondary N) is 1. The zero-order chi connectivity index (χ0) is 15.4. The number of methoxy groups -OCH3 is 1. The summed E-state index contributed by atoms with van der Waals surface area (Å²) in [4.78, 5) is 23.0. The molecule has 1 aliphatic rings. The van der Waals surface area contributed by atoms with Crippen LogP contribution in [0.25, 0.3) is 0 Å². The number of carboxylic acids is 1. The van der Waals surface area contributed by atoms with Gasteiger partial charge in [0.05, 0.1) is 13.0 Å². The van der Waals surface area contributed by atoms with Crippen LogP contribution in [0.4, 0.5) is 0 Å². The molecule has 0 heterocycles. The van der Waals surface area contributed by atoms with Gasteiger partial charge in [-0.3, -0.25) is 9.59 Å². The zero-order valence-corrected chi connectivity index (χ0v) is 12.4. The Kier molecular flexibility index (Phi) is 4.83. The molecule has 0 unspecified atom stereocenters. The maximum atomic E-state index is 12.1. The molecule has 5 nitrogen and oxygen atoms in total. The van der Waals surface area contributed by atoms with Crippen molar-refractivity contribution < 1.29 is 19.4 Å². The summed E-state index contributed by atoms with van der Waals surface area (Å²) >= 11 is 0. The molecule has 1 aliphatic carbocycles. The second-order valence-corrected chi connectivity index (χ2v) is 5.62. The molecule has 1 aromatic rings. The Balaban J connectivity index is 1.90.